The van der Waals surface area contributed by atoms with Crippen LogP contribution in [0, 0.1) is 0 Å². The van der Waals surface area contributed by atoms with E-state index in [4.69, 9.17) is 10.7 Å². The molecular weight excluding hydrogens is 242 g/mol. The largest absolute Gasteiger partial charge is 0.403 e. The second-order valence-electron chi connectivity index (χ2n) is 4.47. The first kappa shape index (κ1) is 13.1. The number of nitrogens with zero attached hydrogens (tertiary/aromatic N) is 2. The highest BCUT2D eigenvalue weighted by Crippen LogP contribution is 2.38. The maximum atomic E-state index is 5.83. The van der Waals surface area contributed by atoms with Crippen LogP contribution >= 0.6 is 11.3 Å². The molecule has 2 heterocycles. The molecule has 0 aliphatic carbocycles. The zero-order valence-electron chi connectivity index (χ0n) is 11.1. The molecule has 98 valence electrons. The maximum Gasteiger partial charge on any atom is 0.127 e. The van der Waals surface area contributed by atoms with Gasteiger partial charge in [-0.25, -0.2) is 4.99 Å². The van der Waals surface area contributed by atoms with Gasteiger partial charge in [0, 0.05) is 24.7 Å². The van der Waals surface area contributed by atoms with E-state index in [1.54, 1.807) is 17.5 Å². The van der Waals surface area contributed by atoms with Gasteiger partial charge in [0.15, 0.2) is 0 Å². The molecule has 0 saturated heterocycles. The van der Waals surface area contributed by atoms with E-state index in [2.05, 4.69) is 30.2 Å². The lowest BCUT2D eigenvalue weighted by atomic mass is 10.1. The van der Waals surface area contributed by atoms with Crippen LogP contribution in [0.2, 0.25) is 0 Å². The molecule has 0 radical (unpaired) electrons. The SMILES string of the molecule is CCCCC1=Nc2sccc2C(=CN)N1CCC. The summed E-state index contributed by atoms with van der Waals surface area (Å²) in [7, 11) is 0. The molecule has 2 N–H and O–H groups in total. The first-order valence-corrected chi connectivity index (χ1v) is 7.54. The minimum atomic E-state index is 0.987. The molecule has 18 heavy (non-hydrogen) atoms. The molecule has 0 fully saturated rings. The Kier molecular flexibility index (Phi) is 4.42. The van der Waals surface area contributed by atoms with Gasteiger partial charge < -0.3 is 10.6 Å². The molecule has 1 aliphatic heterocycles. The Hall–Kier alpha value is -1.29. The number of nitrogens with two attached hydrogens (primary N) is 1. The van der Waals surface area contributed by atoms with Crippen molar-refractivity contribution in [2.45, 2.75) is 39.5 Å². The monoisotopic (exact) mass is 263 g/mol. The van der Waals surface area contributed by atoms with Crippen LogP contribution in [0.4, 0.5) is 5.00 Å². The van der Waals surface area contributed by atoms with Gasteiger partial charge >= 0.3 is 0 Å². The lowest BCUT2D eigenvalue weighted by Crippen LogP contribution is -2.32. The number of amidine groups is 1. The molecule has 0 unspecified atom stereocenters. The van der Waals surface area contributed by atoms with E-state index in [0.717, 1.165) is 30.1 Å². The van der Waals surface area contributed by atoms with Gasteiger partial charge in [0.1, 0.15) is 10.8 Å². The van der Waals surface area contributed by atoms with Crippen molar-refractivity contribution in [1.82, 2.24) is 4.90 Å². The van der Waals surface area contributed by atoms with E-state index in [1.165, 1.54) is 24.2 Å². The number of hydrogen-bond acceptors (Lipinski definition) is 4. The number of aliphatic imine (C=N–C) groups is 1. The fraction of sp³-hybridized carbons (Fsp3) is 0.500. The molecule has 0 bridgehead atoms. The third-order valence-corrected chi connectivity index (χ3v) is 3.92. The van der Waals surface area contributed by atoms with Crippen molar-refractivity contribution in [3.8, 4) is 0 Å². The molecule has 0 atom stereocenters. The zero-order valence-corrected chi connectivity index (χ0v) is 12.0. The van der Waals surface area contributed by atoms with Crippen molar-refractivity contribution in [1.29, 1.82) is 0 Å². The summed E-state index contributed by atoms with van der Waals surface area (Å²) >= 11 is 1.69. The molecule has 0 aromatic carbocycles. The maximum absolute atomic E-state index is 5.83. The van der Waals surface area contributed by atoms with Crippen LogP contribution in [0.1, 0.15) is 45.1 Å². The van der Waals surface area contributed by atoms with Crippen molar-refractivity contribution in [3.05, 3.63) is 23.2 Å². The summed E-state index contributed by atoms with van der Waals surface area (Å²) in [4.78, 5) is 7.09. The van der Waals surface area contributed by atoms with Crippen LogP contribution in [0.25, 0.3) is 5.70 Å². The Morgan fingerprint density at radius 3 is 2.89 bits per heavy atom. The lowest BCUT2D eigenvalue weighted by molar-refractivity contribution is 0.548. The molecule has 4 heteroatoms. The third kappa shape index (κ3) is 2.43. The van der Waals surface area contributed by atoms with Crippen molar-refractivity contribution in [2.75, 3.05) is 6.54 Å². The van der Waals surface area contributed by atoms with Gasteiger partial charge in [-0.2, -0.15) is 0 Å². The zero-order chi connectivity index (χ0) is 13.0. The Bertz CT molecular complexity index is 459. The molecule has 0 saturated carbocycles. The number of unbranched alkanes of at least 4 members (excludes halogenated alkanes) is 1. The Morgan fingerprint density at radius 1 is 1.39 bits per heavy atom. The molecule has 2 rings (SSSR count). The van der Waals surface area contributed by atoms with Gasteiger partial charge in [-0.05, 0) is 24.3 Å². The topological polar surface area (TPSA) is 41.6 Å². The molecule has 1 aromatic heterocycles. The fourth-order valence-corrected chi connectivity index (χ4v) is 3.01. The van der Waals surface area contributed by atoms with E-state index in [-0.39, 0.29) is 0 Å². The first-order chi connectivity index (χ1) is 8.81. The second-order valence-corrected chi connectivity index (χ2v) is 5.37. The minimum Gasteiger partial charge on any atom is -0.403 e. The van der Waals surface area contributed by atoms with Crippen LogP contribution in [-0.4, -0.2) is 17.3 Å². The smallest absolute Gasteiger partial charge is 0.127 e. The molecule has 0 amide bonds. The summed E-state index contributed by atoms with van der Waals surface area (Å²) in [6.45, 7) is 5.39. The summed E-state index contributed by atoms with van der Waals surface area (Å²) in [5, 5.41) is 3.19. The van der Waals surface area contributed by atoms with Crippen LogP contribution in [-0.2, 0) is 0 Å². The summed E-state index contributed by atoms with van der Waals surface area (Å²) in [5.74, 6) is 1.17. The minimum absolute atomic E-state index is 0.987. The number of thiophene rings is 1. The summed E-state index contributed by atoms with van der Waals surface area (Å²) in [5.41, 5.74) is 8.13. The predicted molar refractivity (Wildman–Crippen MR) is 80.1 cm³/mol. The van der Waals surface area contributed by atoms with Crippen molar-refractivity contribution >= 4 is 27.9 Å². The molecule has 0 spiro atoms. The summed E-state index contributed by atoms with van der Waals surface area (Å²) < 4.78 is 0. The molecular formula is C14H21N3S. The fourth-order valence-electron chi connectivity index (χ4n) is 2.22. The highest BCUT2D eigenvalue weighted by molar-refractivity contribution is 7.14. The average Bonchev–Trinajstić information content (AvgIpc) is 2.84. The van der Waals surface area contributed by atoms with Crippen molar-refractivity contribution in [2.24, 2.45) is 10.7 Å². The average molecular weight is 263 g/mol. The van der Waals surface area contributed by atoms with E-state index in [0.29, 0.717) is 0 Å². The van der Waals surface area contributed by atoms with Crippen molar-refractivity contribution in [3.63, 3.8) is 0 Å². The van der Waals surface area contributed by atoms with Crippen molar-refractivity contribution < 1.29 is 0 Å². The van der Waals surface area contributed by atoms with Gasteiger partial charge in [-0.1, -0.05) is 20.3 Å². The number of hydrogen-bond donors (Lipinski definition) is 1. The predicted octanol–water partition coefficient (Wildman–Crippen LogP) is 3.95. The van der Waals surface area contributed by atoms with Gasteiger partial charge in [-0.3, -0.25) is 0 Å². The lowest BCUT2D eigenvalue weighted by Gasteiger charge is -2.31. The Morgan fingerprint density at radius 2 is 2.22 bits per heavy atom. The van der Waals surface area contributed by atoms with Crippen LogP contribution < -0.4 is 5.73 Å². The van der Waals surface area contributed by atoms with Gasteiger partial charge in [0.25, 0.3) is 0 Å². The highest BCUT2D eigenvalue weighted by atomic mass is 32.1. The van der Waals surface area contributed by atoms with Crippen LogP contribution in [0.3, 0.4) is 0 Å². The summed E-state index contributed by atoms with van der Waals surface area (Å²) in [6.07, 6.45) is 6.23. The standard InChI is InChI=1S/C14H21N3S/c1-3-5-6-13-16-14-11(7-9-18-14)12(10-15)17(13)8-4-2/h7,9-10H,3-6,8,15H2,1-2H3. The highest BCUT2D eigenvalue weighted by Gasteiger charge is 2.24. The first-order valence-electron chi connectivity index (χ1n) is 6.66. The van der Waals surface area contributed by atoms with E-state index in [1.807, 2.05) is 0 Å². The Balaban J connectivity index is 2.36. The number of fused-ring (bicyclic) bond motifs is 1. The third-order valence-electron chi connectivity index (χ3n) is 3.11. The van der Waals surface area contributed by atoms with Gasteiger partial charge in [0.2, 0.25) is 0 Å². The Labute approximate surface area is 113 Å². The quantitative estimate of drug-likeness (QED) is 0.874. The molecule has 1 aromatic rings. The van der Waals surface area contributed by atoms with Gasteiger partial charge in [0.05, 0.1) is 5.70 Å². The van der Waals surface area contributed by atoms with Crippen LogP contribution in [0.15, 0.2) is 22.6 Å². The normalized spacial score (nSPS) is 16.9. The molecule has 1 aliphatic rings. The van der Waals surface area contributed by atoms with E-state index < -0.39 is 0 Å². The second kappa shape index (κ2) is 6.05. The van der Waals surface area contributed by atoms with E-state index >= 15 is 0 Å². The molecule has 3 nitrogen and oxygen atoms in total. The summed E-state index contributed by atoms with van der Waals surface area (Å²) in [6, 6.07) is 2.11. The van der Waals surface area contributed by atoms with E-state index in [9.17, 15) is 0 Å². The number of rotatable bonds is 5. The van der Waals surface area contributed by atoms with Gasteiger partial charge in [-0.15, -0.1) is 11.3 Å². The van der Waals surface area contributed by atoms with Crippen LogP contribution in [0.5, 0.6) is 0 Å².